The van der Waals surface area contributed by atoms with Crippen LogP contribution in [0.5, 0.6) is 0 Å². The van der Waals surface area contributed by atoms with Crippen LogP contribution in [-0.2, 0) is 13.6 Å². The summed E-state index contributed by atoms with van der Waals surface area (Å²) < 4.78 is 3.41. The van der Waals surface area contributed by atoms with Crippen molar-refractivity contribution in [2.75, 3.05) is 5.32 Å². The standard InChI is InChI=1S/C16H20N8O/c1-11(2)24-15(20-21-22-24)13-6-4-5-7-14(13)19-16(25)17-8-12-9-18-23(3)10-12/h4-7,9-11H,8H2,1-3H3,(H2,17,19,25). The van der Waals surface area contributed by atoms with Gasteiger partial charge in [0.05, 0.1) is 17.9 Å². The lowest BCUT2D eigenvalue weighted by Crippen LogP contribution is -2.28. The molecule has 0 spiro atoms. The highest BCUT2D eigenvalue weighted by Crippen LogP contribution is 2.27. The molecule has 0 aliphatic rings. The van der Waals surface area contributed by atoms with Gasteiger partial charge in [-0.15, -0.1) is 5.10 Å². The van der Waals surface area contributed by atoms with Crippen molar-refractivity contribution in [3.05, 3.63) is 42.2 Å². The Kier molecular flexibility index (Phi) is 4.73. The summed E-state index contributed by atoms with van der Waals surface area (Å²) in [5.74, 6) is 0.609. The van der Waals surface area contributed by atoms with E-state index in [0.29, 0.717) is 18.1 Å². The lowest BCUT2D eigenvalue weighted by Gasteiger charge is -2.13. The van der Waals surface area contributed by atoms with Crippen molar-refractivity contribution in [3.8, 4) is 11.4 Å². The van der Waals surface area contributed by atoms with E-state index in [0.717, 1.165) is 11.1 Å². The molecule has 0 aliphatic carbocycles. The van der Waals surface area contributed by atoms with Gasteiger partial charge in [-0.3, -0.25) is 4.68 Å². The van der Waals surface area contributed by atoms with Crippen LogP contribution in [0.15, 0.2) is 36.7 Å². The number of hydrogen-bond donors (Lipinski definition) is 2. The summed E-state index contributed by atoms with van der Waals surface area (Å²) in [5.41, 5.74) is 2.33. The second-order valence-corrected chi connectivity index (χ2v) is 5.92. The van der Waals surface area contributed by atoms with E-state index in [-0.39, 0.29) is 12.1 Å². The number of amides is 2. The summed E-state index contributed by atoms with van der Waals surface area (Å²) in [4.78, 5) is 12.2. The van der Waals surface area contributed by atoms with Crippen molar-refractivity contribution in [1.29, 1.82) is 0 Å². The normalized spacial score (nSPS) is 10.9. The zero-order chi connectivity index (χ0) is 17.8. The summed E-state index contributed by atoms with van der Waals surface area (Å²) in [7, 11) is 1.83. The van der Waals surface area contributed by atoms with Gasteiger partial charge in [-0.1, -0.05) is 12.1 Å². The lowest BCUT2D eigenvalue weighted by molar-refractivity contribution is 0.251. The fourth-order valence-corrected chi connectivity index (χ4v) is 2.42. The molecule has 9 nitrogen and oxygen atoms in total. The Balaban J connectivity index is 1.74. The van der Waals surface area contributed by atoms with E-state index < -0.39 is 0 Å². The highest BCUT2D eigenvalue weighted by atomic mass is 16.2. The molecule has 9 heteroatoms. The molecule has 0 radical (unpaired) electrons. The van der Waals surface area contributed by atoms with Crippen molar-refractivity contribution in [2.45, 2.75) is 26.4 Å². The van der Waals surface area contributed by atoms with Gasteiger partial charge >= 0.3 is 6.03 Å². The first-order valence-electron chi connectivity index (χ1n) is 7.94. The average molecular weight is 340 g/mol. The maximum absolute atomic E-state index is 12.2. The minimum absolute atomic E-state index is 0.109. The minimum atomic E-state index is -0.306. The predicted octanol–water partition coefficient (Wildman–Crippen LogP) is 1.98. The first-order valence-corrected chi connectivity index (χ1v) is 7.94. The molecule has 0 aliphatic heterocycles. The van der Waals surface area contributed by atoms with Crippen molar-refractivity contribution in [1.82, 2.24) is 35.3 Å². The second kappa shape index (κ2) is 7.12. The average Bonchev–Trinajstić information content (AvgIpc) is 3.22. The molecule has 0 atom stereocenters. The van der Waals surface area contributed by atoms with Crippen molar-refractivity contribution >= 4 is 11.7 Å². The van der Waals surface area contributed by atoms with Gasteiger partial charge in [-0.05, 0) is 36.4 Å². The van der Waals surface area contributed by atoms with E-state index in [2.05, 4.69) is 31.3 Å². The zero-order valence-electron chi connectivity index (χ0n) is 14.3. The van der Waals surface area contributed by atoms with Crippen LogP contribution in [0.3, 0.4) is 0 Å². The van der Waals surface area contributed by atoms with Crippen LogP contribution in [0.1, 0.15) is 25.5 Å². The molecule has 1 aromatic carbocycles. The number of nitrogens with one attached hydrogen (secondary N) is 2. The van der Waals surface area contributed by atoms with E-state index in [1.807, 2.05) is 51.4 Å². The predicted molar refractivity (Wildman–Crippen MR) is 92.7 cm³/mol. The number of hydrogen-bond acceptors (Lipinski definition) is 5. The van der Waals surface area contributed by atoms with Gasteiger partial charge in [0.25, 0.3) is 0 Å². The molecule has 3 aromatic rings. The number of aromatic nitrogens is 6. The van der Waals surface area contributed by atoms with Gasteiger partial charge in [0.1, 0.15) is 0 Å². The zero-order valence-corrected chi connectivity index (χ0v) is 14.3. The van der Waals surface area contributed by atoms with Gasteiger partial charge < -0.3 is 10.6 Å². The van der Waals surface area contributed by atoms with E-state index in [4.69, 9.17) is 0 Å². The molecular formula is C16H20N8O. The molecule has 0 unspecified atom stereocenters. The van der Waals surface area contributed by atoms with Crippen molar-refractivity contribution < 1.29 is 4.79 Å². The Morgan fingerprint density at radius 3 is 2.80 bits per heavy atom. The van der Waals surface area contributed by atoms with Crippen LogP contribution >= 0.6 is 0 Å². The number of para-hydroxylation sites is 1. The fourth-order valence-electron chi connectivity index (χ4n) is 2.42. The maximum atomic E-state index is 12.2. The molecule has 130 valence electrons. The van der Waals surface area contributed by atoms with Gasteiger partial charge in [0.15, 0.2) is 5.82 Å². The fraction of sp³-hybridized carbons (Fsp3) is 0.312. The number of anilines is 1. The van der Waals surface area contributed by atoms with E-state index >= 15 is 0 Å². The Bertz CT molecular complexity index is 866. The summed E-state index contributed by atoms with van der Waals surface area (Å²) in [6, 6.07) is 7.23. The first-order chi connectivity index (χ1) is 12.0. The molecule has 2 N–H and O–H groups in total. The maximum Gasteiger partial charge on any atom is 0.319 e. The molecule has 0 saturated carbocycles. The number of rotatable bonds is 5. The van der Waals surface area contributed by atoms with Crippen LogP contribution in [-0.4, -0.2) is 36.0 Å². The SMILES string of the molecule is CC(C)n1nnnc1-c1ccccc1NC(=O)NCc1cnn(C)c1. The van der Waals surface area contributed by atoms with Crippen LogP contribution in [0.4, 0.5) is 10.5 Å². The number of nitrogens with zero attached hydrogens (tertiary/aromatic N) is 6. The third-order valence-corrected chi connectivity index (χ3v) is 3.61. The Morgan fingerprint density at radius 1 is 1.28 bits per heavy atom. The smallest absolute Gasteiger partial charge is 0.319 e. The van der Waals surface area contributed by atoms with Crippen LogP contribution in [0.2, 0.25) is 0 Å². The monoisotopic (exact) mass is 340 g/mol. The minimum Gasteiger partial charge on any atom is -0.334 e. The van der Waals surface area contributed by atoms with Gasteiger partial charge in [-0.25, -0.2) is 9.48 Å². The van der Waals surface area contributed by atoms with Crippen LogP contribution < -0.4 is 10.6 Å². The first kappa shape index (κ1) is 16.6. The number of aryl methyl sites for hydroxylation is 1. The molecule has 25 heavy (non-hydrogen) atoms. The molecule has 2 heterocycles. The van der Waals surface area contributed by atoms with Crippen LogP contribution in [0, 0.1) is 0 Å². The lowest BCUT2D eigenvalue weighted by atomic mass is 10.1. The number of tetrazole rings is 1. The van der Waals surface area contributed by atoms with Gasteiger partial charge in [-0.2, -0.15) is 5.10 Å². The van der Waals surface area contributed by atoms with Gasteiger partial charge in [0.2, 0.25) is 0 Å². The van der Waals surface area contributed by atoms with E-state index in [9.17, 15) is 4.79 Å². The largest absolute Gasteiger partial charge is 0.334 e. The molecule has 0 bridgehead atoms. The third-order valence-electron chi connectivity index (χ3n) is 3.61. The Morgan fingerprint density at radius 2 is 2.08 bits per heavy atom. The number of benzene rings is 1. The van der Waals surface area contributed by atoms with Crippen molar-refractivity contribution in [3.63, 3.8) is 0 Å². The van der Waals surface area contributed by atoms with E-state index in [1.54, 1.807) is 15.6 Å². The Labute approximate surface area is 145 Å². The molecule has 0 saturated heterocycles. The van der Waals surface area contributed by atoms with Gasteiger partial charge in [0, 0.05) is 30.9 Å². The molecule has 2 amide bonds. The van der Waals surface area contributed by atoms with Crippen molar-refractivity contribution in [2.24, 2.45) is 7.05 Å². The quantitative estimate of drug-likeness (QED) is 0.739. The number of urea groups is 1. The second-order valence-electron chi connectivity index (χ2n) is 5.92. The molecule has 2 aromatic heterocycles. The molecular weight excluding hydrogens is 320 g/mol. The number of carbonyl (C=O) groups is 1. The Hall–Kier alpha value is -3.23. The summed E-state index contributed by atoms with van der Waals surface area (Å²) in [6.45, 7) is 4.39. The topological polar surface area (TPSA) is 103 Å². The highest BCUT2D eigenvalue weighted by Gasteiger charge is 2.16. The highest BCUT2D eigenvalue weighted by molar-refractivity contribution is 5.93. The summed E-state index contributed by atoms with van der Waals surface area (Å²) >= 11 is 0. The molecule has 0 fully saturated rings. The molecule has 3 rings (SSSR count). The number of carbonyl (C=O) groups excluding carboxylic acids is 1. The van der Waals surface area contributed by atoms with E-state index in [1.165, 1.54) is 0 Å². The summed E-state index contributed by atoms with van der Waals surface area (Å²) in [5, 5.41) is 21.6. The van der Waals surface area contributed by atoms with Crippen LogP contribution in [0.25, 0.3) is 11.4 Å². The third kappa shape index (κ3) is 3.82. The summed E-state index contributed by atoms with van der Waals surface area (Å²) in [6.07, 6.45) is 3.57.